The Morgan fingerprint density at radius 2 is 1.87 bits per heavy atom. The number of fused-ring (bicyclic) bond motifs is 5. The molecular formula is C21H21F2N5O2. The number of aromatic nitrogens is 3. The molecule has 2 bridgehead atoms. The Bertz CT molecular complexity index is 1070. The van der Waals surface area contributed by atoms with Gasteiger partial charge in [-0.25, -0.2) is 13.8 Å². The van der Waals surface area contributed by atoms with Crippen LogP contribution in [-0.2, 0) is 6.54 Å². The molecule has 6 rings (SSSR count). The molecule has 0 spiro atoms. The molecule has 156 valence electrons. The maximum Gasteiger partial charge on any atom is 0.263 e. The first kappa shape index (κ1) is 18.0. The van der Waals surface area contributed by atoms with Gasteiger partial charge in [0.25, 0.3) is 17.4 Å². The van der Waals surface area contributed by atoms with Crippen LogP contribution in [0.4, 0.5) is 14.6 Å². The number of carbonyl (C=O) groups excluding carboxylic acids is 1. The Morgan fingerprint density at radius 1 is 1.07 bits per heavy atom. The molecule has 4 atom stereocenters. The number of nitrogens with zero attached hydrogens (tertiary/aromatic N) is 5. The van der Waals surface area contributed by atoms with Gasteiger partial charge in [0.05, 0.1) is 18.0 Å². The van der Waals surface area contributed by atoms with Crippen LogP contribution in [0, 0.1) is 17.8 Å². The molecule has 1 amide bonds. The van der Waals surface area contributed by atoms with Crippen LogP contribution >= 0.6 is 0 Å². The minimum Gasteiger partial charge on any atom is -0.354 e. The van der Waals surface area contributed by atoms with E-state index in [9.17, 15) is 18.4 Å². The average Bonchev–Trinajstić information content (AvgIpc) is 3.08. The van der Waals surface area contributed by atoms with Gasteiger partial charge in [0, 0.05) is 56.7 Å². The number of likely N-dealkylation sites (tertiary alicyclic amines) is 1. The van der Waals surface area contributed by atoms with Crippen molar-refractivity contribution >= 4 is 11.7 Å². The maximum atomic E-state index is 13.5. The molecule has 7 nitrogen and oxygen atoms in total. The van der Waals surface area contributed by atoms with E-state index in [1.54, 1.807) is 29.2 Å². The van der Waals surface area contributed by atoms with Crippen molar-refractivity contribution in [2.24, 2.45) is 17.8 Å². The normalized spacial score (nSPS) is 30.6. The molecule has 4 aliphatic rings. The average molecular weight is 413 g/mol. The fourth-order valence-corrected chi connectivity index (χ4v) is 5.59. The molecule has 5 heterocycles. The molecule has 3 aliphatic heterocycles. The minimum atomic E-state index is -2.64. The van der Waals surface area contributed by atoms with E-state index in [4.69, 9.17) is 0 Å². The molecule has 30 heavy (non-hydrogen) atoms. The van der Waals surface area contributed by atoms with Crippen molar-refractivity contribution in [2.45, 2.75) is 24.8 Å². The molecule has 0 radical (unpaired) electrons. The number of carbonyl (C=O) groups is 1. The van der Waals surface area contributed by atoms with Crippen LogP contribution in [0.3, 0.4) is 0 Å². The molecule has 2 unspecified atom stereocenters. The van der Waals surface area contributed by atoms with Gasteiger partial charge in [-0.1, -0.05) is 0 Å². The predicted molar refractivity (Wildman–Crippen MR) is 104 cm³/mol. The number of rotatable bonds is 2. The van der Waals surface area contributed by atoms with Gasteiger partial charge >= 0.3 is 0 Å². The number of hydrogen-bond acceptors (Lipinski definition) is 5. The van der Waals surface area contributed by atoms with Gasteiger partial charge in [0.1, 0.15) is 11.4 Å². The Hall–Kier alpha value is -2.84. The monoisotopic (exact) mass is 413 g/mol. The number of pyridine rings is 1. The van der Waals surface area contributed by atoms with Gasteiger partial charge in [-0.15, -0.1) is 0 Å². The molecule has 2 aromatic heterocycles. The maximum absolute atomic E-state index is 13.5. The molecule has 1 aliphatic carbocycles. The third kappa shape index (κ3) is 2.53. The summed E-state index contributed by atoms with van der Waals surface area (Å²) >= 11 is 0. The molecule has 2 aromatic rings. The number of amides is 1. The van der Waals surface area contributed by atoms with Crippen molar-refractivity contribution in [1.29, 1.82) is 0 Å². The second-order valence-corrected chi connectivity index (χ2v) is 8.95. The van der Waals surface area contributed by atoms with E-state index in [0.717, 1.165) is 31.0 Å². The standard InChI is InChI=1S/C21H21F2N5O2/c22-21(23)15-10-27(11-16(15)21)19(29)14-1-2-17-13-5-12(8-28(17)20(14)30)7-26(9-13)18-6-24-3-4-25-18/h1-4,6,12-13,15-16H,5,7-11H2/t12-,13+,15?,16?/m0/s1. The second kappa shape index (κ2) is 6.09. The SMILES string of the molecule is O=C(c1ccc2n(c1=O)C[C@H]1C[C@@H]2CN(c2cnccn2)C1)N1CC2C(C1)C2(F)F. The third-order valence-corrected chi connectivity index (χ3v) is 7.19. The van der Waals surface area contributed by atoms with Gasteiger partial charge in [-0.3, -0.25) is 14.6 Å². The van der Waals surface area contributed by atoms with E-state index in [0.29, 0.717) is 6.54 Å². The lowest BCUT2D eigenvalue weighted by molar-refractivity contribution is 0.0457. The lowest BCUT2D eigenvalue weighted by Crippen LogP contribution is -2.48. The lowest BCUT2D eigenvalue weighted by atomic mass is 9.83. The van der Waals surface area contributed by atoms with Crippen LogP contribution in [0.25, 0.3) is 0 Å². The Balaban J connectivity index is 1.26. The molecule has 0 aromatic carbocycles. The summed E-state index contributed by atoms with van der Waals surface area (Å²) in [5.74, 6) is -3.27. The van der Waals surface area contributed by atoms with Crippen molar-refractivity contribution < 1.29 is 13.6 Å². The van der Waals surface area contributed by atoms with Gasteiger partial charge in [-0.2, -0.15) is 0 Å². The summed E-state index contributed by atoms with van der Waals surface area (Å²) in [5.41, 5.74) is 0.721. The number of hydrogen-bond donors (Lipinski definition) is 0. The van der Waals surface area contributed by atoms with Crippen molar-refractivity contribution in [2.75, 3.05) is 31.1 Å². The van der Waals surface area contributed by atoms with Crippen molar-refractivity contribution in [1.82, 2.24) is 19.4 Å². The first-order chi connectivity index (χ1) is 14.4. The zero-order chi connectivity index (χ0) is 20.6. The predicted octanol–water partition coefficient (Wildman–Crippen LogP) is 1.60. The lowest BCUT2D eigenvalue weighted by Gasteiger charge is -2.43. The molecule has 0 N–H and O–H groups in total. The van der Waals surface area contributed by atoms with E-state index in [2.05, 4.69) is 14.9 Å². The zero-order valence-corrected chi connectivity index (χ0v) is 16.2. The van der Waals surface area contributed by atoms with E-state index >= 15 is 0 Å². The topological polar surface area (TPSA) is 71.3 Å². The highest BCUT2D eigenvalue weighted by molar-refractivity contribution is 5.94. The Labute approximate surface area is 171 Å². The molecule has 2 saturated heterocycles. The quantitative estimate of drug-likeness (QED) is 0.748. The number of halogens is 2. The highest BCUT2D eigenvalue weighted by atomic mass is 19.3. The van der Waals surface area contributed by atoms with Crippen LogP contribution in [0.5, 0.6) is 0 Å². The van der Waals surface area contributed by atoms with E-state index in [1.165, 1.54) is 4.90 Å². The van der Waals surface area contributed by atoms with E-state index < -0.39 is 23.7 Å². The highest BCUT2D eigenvalue weighted by Gasteiger charge is 2.72. The number of piperidine rings is 2. The first-order valence-electron chi connectivity index (χ1n) is 10.3. The molecule has 9 heteroatoms. The van der Waals surface area contributed by atoms with Gasteiger partial charge < -0.3 is 14.4 Å². The Morgan fingerprint density at radius 3 is 2.60 bits per heavy atom. The second-order valence-electron chi connectivity index (χ2n) is 8.95. The van der Waals surface area contributed by atoms with Gasteiger partial charge in [0.15, 0.2) is 0 Å². The number of alkyl halides is 2. The smallest absolute Gasteiger partial charge is 0.263 e. The van der Waals surface area contributed by atoms with Crippen LogP contribution in [0.2, 0.25) is 0 Å². The molecular weight excluding hydrogens is 392 g/mol. The summed E-state index contributed by atoms with van der Waals surface area (Å²) in [6.07, 6.45) is 6.06. The van der Waals surface area contributed by atoms with Gasteiger partial charge in [-0.05, 0) is 24.5 Å². The summed E-state index contributed by atoms with van der Waals surface area (Å²) < 4.78 is 28.6. The van der Waals surface area contributed by atoms with Gasteiger partial charge in [0.2, 0.25) is 0 Å². The third-order valence-electron chi connectivity index (χ3n) is 7.19. The van der Waals surface area contributed by atoms with Crippen LogP contribution < -0.4 is 10.5 Å². The van der Waals surface area contributed by atoms with Crippen LogP contribution in [0.1, 0.15) is 28.4 Å². The molecule has 1 saturated carbocycles. The van der Waals surface area contributed by atoms with Crippen molar-refractivity contribution in [3.05, 3.63) is 52.3 Å². The van der Waals surface area contributed by atoms with E-state index in [1.807, 2.05) is 6.07 Å². The van der Waals surface area contributed by atoms with Crippen LogP contribution in [-0.4, -0.2) is 57.4 Å². The fraction of sp³-hybridized carbons (Fsp3) is 0.524. The van der Waals surface area contributed by atoms with Crippen LogP contribution in [0.15, 0.2) is 35.5 Å². The Kier molecular flexibility index (Phi) is 3.65. The summed E-state index contributed by atoms with van der Waals surface area (Å²) in [4.78, 5) is 38.2. The number of anilines is 1. The minimum absolute atomic E-state index is 0.0377. The van der Waals surface area contributed by atoms with E-state index in [-0.39, 0.29) is 36.0 Å². The summed E-state index contributed by atoms with van der Waals surface area (Å²) in [6, 6.07) is 3.45. The summed E-state index contributed by atoms with van der Waals surface area (Å²) in [5, 5.41) is 0. The van der Waals surface area contributed by atoms with Crippen molar-refractivity contribution in [3.63, 3.8) is 0 Å². The van der Waals surface area contributed by atoms with Crippen molar-refractivity contribution in [3.8, 4) is 0 Å². The first-order valence-corrected chi connectivity index (χ1v) is 10.3. The largest absolute Gasteiger partial charge is 0.354 e. The zero-order valence-electron chi connectivity index (χ0n) is 16.2. The summed E-state index contributed by atoms with van der Waals surface area (Å²) in [7, 11) is 0. The summed E-state index contributed by atoms with van der Waals surface area (Å²) in [6.45, 7) is 2.15. The molecule has 3 fully saturated rings. The highest BCUT2D eigenvalue weighted by Crippen LogP contribution is 2.59. The fourth-order valence-electron chi connectivity index (χ4n) is 5.59.